The van der Waals surface area contributed by atoms with Crippen LogP contribution in [0.3, 0.4) is 0 Å². The third kappa shape index (κ3) is 5.04. The molecule has 1 saturated carbocycles. The average Bonchev–Trinajstić information content (AvgIpc) is 2.37. The Hall–Kier alpha value is -1.10. The van der Waals surface area contributed by atoms with Crippen LogP contribution < -0.4 is 5.73 Å². The molecule has 0 aromatic rings. The number of methoxy groups -OCH3 is 1. The molecule has 0 aromatic carbocycles. The lowest BCUT2D eigenvalue weighted by Crippen LogP contribution is -2.33. The van der Waals surface area contributed by atoms with Crippen molar-refractivity contribution >= 4 is 11.9 Å². The van der Waals surface area contributed by atoms with Crippen molar-refractivity contribution in [3.8, 4) is 0 Å². The molecule has 1 atom stereocenters. The summed E-state index contributed by atoms with van der Waals surface area (Å²) >= 11 is 0. The summed E-state index contributed by atoms with van der Waals surface area (Å²) in [4.78, 5) is 22.4. The highest BCUT2D eigenvalue weighted by Gasteiger charge is 2.25. The normalized spacial score (nSPS) is 25.3. The highest BCUT2D eigenvalue weighted by molar-refractivity contribution is 5.75. The standard InChI is InChI=1S/C13H23NO4/c1-9(14)13(16)18-11-6-3-10(4-7-11)5-8-12(15)17-2/h9-11H,3-8,14H2,1-2H3. The monoisotopic (exact) mass is 257 g/mol. The maximum absolute atomic E-state index is 11.3. The minimum Gasteiger partial charge on any atom is -0.469 e. The lowest BCUT2D eigenvalue weighted by atomic mass is 9.84. The molecule has 0 saturated heterocycles. The summed E-state index contributed by atoms with van der Waals surface area (Å²) in [5, 5.41) is 0. The van der Waals surface area contributed by atoms with Crippen molar-refractivity contribution in [1.29, 1.82) is 0 Å². The summed E-state index contributed by atoms with van der Waals surface area (Å²) in [6.07, 6.45) is 5.06. The minimum absolute atomic E-state index is 0.00197. The van der Waals surface area contributed by atoms with Crippen molar-refractivity contribution < 1.29 is 19.1 Å². The zero-order chi connectivity index (χ0) is 13.5. The van der Waals surface area contributed by atoms with Gasteiger partial charge in [0.15, 0.2) is 0 Å². The zero-order valence-corrected chi connectivity index (χ0v) is 11.2. The predicted molar refractivity (Wildman–Crippen MR) is 66.7 cm³/mol. The van der Waals surface area contributed by atoms with E-state index in [1.54, 1.807) is 6.92 Å². The summed E-state index contributed by atoms with van der Waals surface area (Å²) in [6, 6.07) is -0.554. The summed E-state index contributed by atoms with van der Waals surface area (Å²) in [7, 11) is 1.41. The van der Waals surface area contributed by atoms with Crippen LogP contribution in [0.15, 0.2) is 0 Å². The van der Waals surface area contributed by atoms with Crippen molar-refractivity contribution in [2.24, 2.45) is 11.7 Å². The smallest absolute Gasteiger partial charge is 0.322 e. The molecule has 0 bridgehead atoms. The molecule has 1 fully saturated rings. The Morgan fingerprint density at radius 2 is 1.89 bits per heavy atom. The van der Waals surface area contributed by atoms with Crippen molar-refractivity contribution in [3.05, 3.63) is 0 Å². The van der Waals surface area contributed by atoms with E-state index >= 15 is 0 Å². The van der Waals surface area contributed by atoms with E-state index in [-0.39, 0.29) is 18.0 Å². The van der Waals surface area contributed by atoms with Crippen LogP contribution in [-0.2, 0) is 19.1 Å². The molecule has 0 amide bonds. The average molecular weight is 257 g/mol. The lowest BCUT2D eigenvalue weighted by molar-refractivity contribution is -0.152. The Morgan fingerprint density at radius 3 is 2.39 bits per heavy atom. The summed E-state index contributed by atoms with van der Waals surface area (Å²) in [5.41, 5.74) is 5.45. The molecule has 104 valence electrons. The first-order valence-electron chi connectivity index (χ1n) is 6.55. The van der Waals surface area contributed by atoms with Gasteiger partial charge in [0.1, 0.15) is 12.1 Å². The Kier molecular flexibility index (Phi) is 6.12. The van der Waals surface area contributed by atoms with Crippen molar-refractivity contribution in [1.82, 2.24) is 0 Å². The van der Waals surface area contributed by atoms with Crippen molar-refractivity contribution in [3.63, 3.8) is 0 Å². The van der Waals surface area contributed by atoms with Crippen LogP contribution in [0.2, 0.25) is 0 Å². The van der Waals surface area contributed by atoms with Crippen LogP contribution in [-0.4, -0.2) is 31.2 Å². The number of carbonyl (C=O) groups excluding carboxylic acids is 2. The van der Waals surface area contributed by atoms with Crippen LogP contribution in [0.4, 0.5) is 0 Å². The molecular weight excluding hydrogens is 234 g/mol. The van der Waals surface area contributed by atoms with Crippen LogP contribution in [0, 0.1) is 5.92 Å². The van der Waals surface area contributed by atoms with Gasteiger partial charge >= 0.3 is 11.9 Å². The quantitative estimate of drug-likeness (QED) is 0.753. The maximum Gasteiger partial charge on any atom is 0.322 e. The van der Waals surface area contributed by atoms with E-state index in [1.807, 2.05) is 0 Å². The van der Waals surface area contributed by atoms with Crippen LogP contribution in [0.1, 0.15) is 45.4 Å². The van der Waals surface area contributed by atoms with E-state index in [0.29, 0.717) is 12.3 Å². The largest absolute Gasteiger partial charge is 0.469 e. The van der Waals surface area contributed by atoms with E-state index in [2.05, 4.69) is 4.74 Å². The molecule has 1 aliphatic rings. The molecule has 0 spiro atoms. The minimum atomic E-state index is -0.554. The fraction of sp³-hybridized carbons (Fsp3) is 0.846. The van der Waals surface area contributed by atoms with Gasteiger partial charge in [-0.2, -0.15) is 0 Å². The third-order valence-electron chi connectivity index (χ3n) is 3.43. The fourth-order valence-corrected chi connectivity index (χ4v) is 2.23. The summed E-state index contributed by atoms with van der Waals surface area (Å²) in [6.45, 7) is 1.63. The molecule has 2 N–H and O–H groups in total. The van der Waals surface area contributed by atoms with E-state index in [1.165, 1.54) is 7.11 Å². The summed E-state index contributed by atoms with van der Waals surface area (Å²) < 4.78 is 9.91. The Morgan fingerprint density at radius 1 is 1.28 bits per heavy atom. The number of esters is 2. The van der Waals surface area contributed by atoms with E-state index in [4.69, 9.17) is 10.5 Å². The van der Waals surface area contributed by atoms with Crippen LogP contribution >= 0.6 is 0 Å². The number of nitrogens with two attached hydrogens (primary N) is 1. The molecule has 0 aliphatic heterocycles. The molecule has 5 nitrogen and oxygen atoms in total. The van der Waals surface area contributed by atoms with Gasteiger partial charge < -0.3 is 15.2 Å². The number of hydrogen-bond acceptors (Lipinski definition) is 5. The van der Waals surface area contributed by atoms with Crippen LogP contribution in [0.5, 0.6) is 0 Å². The highest BCUT2D eigenvalue weighted by Crippen LogP contribution is 2.29. The van der Waals surface area contributed by atoms with E-state index < -0.39 is 6.04 Å². The van der Waals surface area contributed by atoms with Gasteiger partial charge in [0.05, 0.1) is 7.11 Å². The van der Waals surface area contributed by atoms with Gasteiger partial charge in [0, 0.05) is 6.42 Å². The van der Waals surface area contributed by atoms with E-state index in [0.717, 1.165) is 32.1 Å². The first-order valence-corrected chi connectivity index (χ1v) is 6.55. The molecule has 0 aromatic heterocycles. The van der Waals surface area contributed by atoms with Gasteiger partial charge in [0.2, 0.25) is 0 Å². The second kappa shape index (κ2) is 7.36. The van der Waals surface area contributed by atoms with Gasteiger partial charge in [0.25, 0.3) is 0 Å². The molecule has 1 rings (SSSR count). The van der Waals surface area contributed by atoms with Gasteiger partial charge in [-0.25, -0.2) is 0 Å². The molecule has 5 heteroatoms. The Labute approximate surface area is 108 Å². The van der Waals surface area contributed by atoms with Crippen molar-refractivity contribution in [2.75, 3.05) is 7.11 Å². The number of hydrogen-bond donors (Lipinski definition) is 1. The third-order valence-corrected chi connectivity index (χ3v) is 3.43. The molecule has 1 aliphatic carbocycles. The van der Waals surface area contributed by atoms with Gasteiger partial charge in [-0.3, -0.25) is 9.59 Å². The second-order valence-electron chi connectivity index (χ2n) is 4.98. The second-order valence-corrected chi connectivity index (χ2v) is 4.98. The highest BCUT2D eigenvalue weighted by atomic mass is 16.5. The lowest BCUT2D eigenvalue weighted by Gasteiger charge is -2.28. The SMILES string of the molecule is COC(=O)CCC1CCC(OC(=O)C(C)N)CC1. The molecule has 0 heterocycles. The Bertz CT molecular complexity index is 283. The maximum atomic E-state index is 11.3. The van der Waals surface area contributed by atoms with E-state index in [9.17, 15) is 9.59 Å². The van der Waals surface area contributed by atoms with Crippen molar-refractivity contribution in [2.45, 2.75) is 57.6 Å². The topological polar surface area (TPSA) is 78.6 Å². The number of ether oxygens (including phenoxy) is 2. The van der Waals surface area contributed by atoms with Gasteiger partial charge in [-0.1, -0.05) is 0 Å². The van der Waals surface area contributed by atoms with Gasteiger partial charge in [-0.15, -0.1) is 0 Å². The first-order chi connectivity index (χ1) is 8.52. The Balaban J connectivity index is 2.20. The molecule has 0 radical (unpaired) electrons. The summed E-state index contributed by atoms with van der Waals surface area (Å²) in [5.74, 6) is 0.0582. The number of carbonyl (C=O) groups is 2. The van der Waals surface area contributed by atoms with Crippen LogP contribution in [0.25, 0.3) is 0 Å². The molecule has 1 unspecified atom stereocenters. The fourth-order valence-electron chi connectivity index (χ4n) is 2.23. The predicted octanol–water partition coefficient (Wildman–Crippen LogP) is 1.39. The first kappa shape index (κ1) is 15.0. The molecule has 18 heavy (non-hydrogen) atoms. The number of rotatable bonds is 5. The zero-order valence-electron chi connectivity index (χ0n) is 11.2. The molecular formula is C13H23NO4. The van der Waals surface area contributed by atoms with Gasteiger partial charge in [-0.05, 0) is 44.9 Å².